The summed E-state index contributed by atoms with van der Waals surface area (Å²) in [7, 11) is 0. The average Bonchev–Trinajstić information content (AvgIpc) is 2.50. The van der Waals surface area contributed by atoms with Gasteiger partial charge in [0.15, 0.2) is 0 Å². The molecule has 1 N–H and O–H groups in total. The topological polar surface area (TPSA) is 56.1 Å². The first-order valence-corrected chi connectivity index (χ1v) is 7.48. The van der Waals surface area contributed by atoms with Crippen molar-refractivity contribution in [1.82, 2.24) is 4.90 Å². The summed E-state index contributed by atoms with van der Waals surface area (Å²) < 4.78 is 0. The molecule has 1 aromatic rings. The second-order valence-electron chi connectivity index (χ2n) is 4.81. The molecule has 1 heterocycles. The highest BCUT2D eigenvalue weighted by Gasteiger charge is 2.15. The number of nitrogens with one attached hydrogen (secondary N) is 1. The summed E-state index contributed by atoms with van der Waals surface area (Å²) in [5, 5.41) is 12.4. The molecule has 110 valence electrons. The van der Waals surface area contributed by atoms with Crippen molar-refractivity contribution < 1.29 is 4.79 Å². The maximum Gasteiger partial charge on any atom is 0.267 e. The highest BCUT2D eigenvalue weighted by molar-refractivity contribution is 6.44. The molecule has 0 bridgehead atoms. The predicted molar refractivity (Wildman–Crippen MR) is 84.2 cm³/mol. The third kappa shape index (κ3) is 4.13. The van der Waals surface area contributed by atoms with Crippen molar-refractivity contribution in [2.45, 2.75) is 19.3 Å². The van der Waals surface area contributed by atoms with Crippen molar-refractivity contribution in [3.63, 3.8) is 0 Å². The van der Waals surface area contributed by atoms with E-state index in [4.69, 9.17) is 28.5 Å². The molecule has 2 rings (SSSR count). The van der Waals surface area contributed by atoms with Crippen LogP contribution in [-0.4, -0.2) is 23.9 Å². The number of halogens is 2. The number of hydrogen-bond donors (Lipinski definition) is 1. The van der Waals surface area contributed by atoms with Gasteiger partial charge in [0.1, 0.15) is 11.6 Å². The molecule has 0 unspecified atom stereocenters. The molecule has 1 fully saturated rings. The first-order valence-electron chi connectivity index (χ1n) is 6.73. The van der Waals surface area contributed by atoms with Crippen LogP contribution >= 0.6 is 23.2 Å². The highest BCUT2D eigenvalue weighted by atomic mass is 35.5. The van der Waals surface area contributed by atoms with Gasteiger partial charge in [0.05, 0.1) is 15.7 Å². The molecular formula is C15H15Cl2N3O. The molecule has 1 aliphatic rings. The Morgan fingerprint density at radius 1 is 1.29 bits per heavy atom. The minimum Gasteiger partial charge on any atom is -0.376 e. The van der Waals surface area contributed by atoms with Crippen LogP contribution < -0.4 is 5.32 Å². The Balaban J connectivity index is 2.11. The molecule has 4 nitrogen and oxygen atoms in total. The smallest absolute Gasteiger partial charge is 0.267 e. The lowest BCUT2D eigenvalue weighted by Gasteiger charge is -2.25. The van der Waals surface area contributed by atoms with Gasteiger partial charge in [-0.3, -0.25) is 4.79 Å². The number of hydrogen-bond acceptors (Lipinski definition) is 3. The Bertz CT molecular complexity index is 601. The maximum absolute atomic E-state index is 12.2. The summed E-state index contributed by atoms with van der Waals surface area (Å²) in [6, 6.07) is 6.89. The third-order valence-electron chi connectivity index (χ3n) is 3.27. The number of carbonyl (C=O) groups excluding carboxylic acids is 1. The number of anilines is 1. The summed E-state index contributed by atoms with van der Waals surface area (Å²) >= 11 is 11.9. The normalized spacial score (nSPS) is 15.5. The highest BCUT2D eigenvalue weighted by Crippen LogP contribution is 2.29. The third-order valence-corrected chi connectivity index (χ3v) is 4.09. The van der Waals surface area contributed by atoms with Crippen LogP contribution in [0.15, 0.2) is 30.0 Å². The number of nitriles is 1. The first-order chi connectivity index (χ1) is 10.1. The minimum absolute atomic E-state index is 0.0629. The van der Waals surface area contributed by atoms with E-state index in [0.29, 0.717) is 10.7 Å². The molecule has 1 aliphatic heterocycles. The largest absolute Gasteiger partial charge is 0.376 e. The Kier molecular flexibility index (Phi) is 5.49. The monoisotopic (exact) mass is 323 g/mol. The summed E-state index contributed by atoms with van der Waals surface area (Å²) in [6.07, 6.45) is 4.97. The van der Waals surface area contributed by atoms with Gasteiger partial charge in [0.2, 0.25) is 0 Å². The predicted octanol–water partition coefficient (Wildman–Crippen LogP) is 3.83. The quantitative estimate of drug-likeness (QED) is 0.679. The van der Waals surface area contributed by atoms with Crippen molar-refractivity contribution in [2.75, 3.05) is 18.4 Å². The summed E-state index contributed by atoms with van der Waals surface area (Å²) in [6.45, 7) is 1.74. The van der Waals surface area contributed by atoms with Gasteiger partial charge in [0, 0.05) is 19.3 Å². The Morgan fingerprint density at radius 3 is 2.67 bits per heavy atom. The lowest BCUT2D eigenvalue weighted by Crippen LogP contribution is -2.26. The number of benzene rings is 1. The fourth-order valence-corrected chi connectivity index (χ4v) is 2.51. The summed E-state index contributed by atoms with van der Waals surface area (Å²) in [5.74, 6) is -0.479. The lowest BCUT2D eigenvalue weighted by molar-refractivity contribution is -0.112. The van der Waals surface area contributed by atoms with Gasteiger partial charge in [-0.25, -0.2) is 0 Å². The Morgan fingerprint density at radius 2 is 2.00 bits per heavy atom. The van der Waals surface area contributed by atoms with Crippen LogP contribution in [0.5, 0.6) is 0 Å². The van der Waals surface area contributed by atoms with Crippen molar-refractivity contribution in [3.05, 3.63) is 40.0 Å². The van der Waals surface area contributed by atoms with Gasteiger partial charge in [-0.05, 0) is 31.4 Å². The van der Waals surface area contributed by atoms with Crippen molar-refractivity contribution in [2.24, 2.45) is 0 Å². The van der Waals surface area contributed by atoms with Crippen molar-refractivity contribution >= 4 is 34.8 Å². The van der Waals surface area contributed by atoms with Gasteiger partial charge in [-0.1, -0.05) is 29.3 Å². The number of amides is 1. The van der Waals surface area contributed by atoms with Crippen LogP contribution in [-0.2, 0) is 4.79 Å². The van der Waals surface area contributed by atoms with E-state index >= 15 is 0 Å². The number of nitrogens with zero attached hydrogens (tertiary/aromatic N) is 2. The van der Waals surface area contributed by atoms with E-state index in [-0.39, 0.29) is 10.6 Å². The van der Waals surface area contributed by atoms with Gasteiger partial charge < -0.3 is 10.2 Å². The van der Waals surface area contributed by atoms with Crippen LogP contribution in [0.1, 0.15) is 19.3 Å². The van der Waals surface area contributed by atoms with Gasteiger partial charge in [-0.2, -0.15) is 5.26 Å². The number of rotatable bonds is 3. The molecule has 21 heavy (non-hydrogen) atoms. The standard InChI is InChI=1S/C15H15Cl2N3O/c16-12-5-4-6-13(14(12)17)19-15(21)11(9-18)10-20-7-2-1-3-8-20/h4-6,10H,1-3,7-8H2,(H,19,21)/b11-10-. The molecule has 0 saturated carbocycles. The van der Waals surface area contributed by atoms with Crippen LogP contribution in [0.4, 0.5) is 5.69 Å². The SMILES string of the molecule is N#C/C(=C/N1CCCCC1)C(=O)Nc1cccc(Cl)c1Cl. The molecule has 1 aromatic carbocycles. The zero-order valence-corrected chi connectivity index (χ0v) is 12.9. The van der Waals surface area contributed by atoms with E-state index in [2.05, 4.69) is 5.32 Å². The van der Waals surface area contributed by atoms with Crippen molar-refractivity contribution in [3.8, 4) is 6.07 Å². The zero-order chi connectivity index (χ0) is 15.2. The van der Waals surface area contributed by atoms with Crippen LogP contribution in [0.2, 0.25) is 10.0 Å². The number of piperidine rings is 1. The van der Waals surface area contributed by atoms with Gasteiger partial charge >= 0.3 is 0 Å². The summed E-state index contributed by atoms with van der Waals surface area (Å²) in [4.78, 5) is 14.2. The minimum atomic E-state index is -0.479. The number of carbonyl (C=O) groups is 1. The van der Waals surface area contributed by atoms with E-state index in [1.54, 1.807) is 24.4 Å². The van der Waals surface area contributed by atoms with Crippen LogP contribution in [0.25, 0.3) is 0 Å². The number of likely N-dealkylation sites (tertiary alicyclic amines) is 1. The molecule has 0 aromatic heterocycles. The molecule has 1 amide bonds. The average molecular weight is 324 g/mol. The van der Waals surface area contributed by atoms with E-state index in [0.717, 1.165) is 25.9 Å². The molecule has 0 atom stereocenters. The molecule has 6 heteroatoms. The second kappa shape index (κ2) is 7.35. The molecule has 0 radical (unpaired) electrons. The van der Waals surface area contributed by atoms with Gasteiger partial charge in [0.25, 0.3) is 5.91 Å². The summed E-state index contributed by atoms with van der Waals surface area (Å²) in [5.41, 5.74) is 0.460. The molecular weight excluding hydrogens is 309 g/mol. The Hall–Kier alpha value is -1.70. The van der Waals surface area contributed by atoms with Crippen LogP contribution in [0.3, 0.4) is 0 Å². The molecule has 0 aliphatic carbocycles. The van der Waals surface area contributed by atoms with Crippen molar-refractivity contribution in [1.29, 1.82) is 5.26 Å². The lowest BCUT2D eigenvalue weighted by atomic mass is 10.1. The maximum atomic E-state index is 12.2. The zero-order valence-electron chi connectivity index (χ0n) is 11.4. The Labute approximate surface area is 133 Å². The fourth-order valence-electron chi connectivity index (χ4n) is 2.16. The molecule has 0 spiro atoms. The van der Waals surface area contributed by atoms with E-state index in [1.165, 1.54) is 6.42 Å². The fraction of sp³-hybridized carbons (Fsp3) is 0.333. The molecule has 1 saturated heterocycles. The second-order valence-corrected chi connectivity index (χ2v) is 5.59. The first kappa shape index (κ1) is 15.7. The van der Waals surface area contributed by atoms with E-state index in [1.807, 2.05) is 11.0 Å². The van der Waals surface area contributed by atoms with E-state index in [9.17, 15) is 4.79 Å². The van der Waals surface area contributed by atoms with Gasteiger partial charge in [-0.15, -0.1) is 0 Å². The van der Waals surface area contributed by atoms with Crippen LogP contribution in [0, 0.1) is 11.3 Å². The van der Waals surface area contributed by atoms with E-state index < -0.39 is 5.91 Å².